The molecule has 0 bridgehead atoms. The molecule has 0 radical (unpaired) electrons. The fourth-order valence-corrected chi connectivity index (χ4v) is 2.02. The van der Waals surface area contributed by atoms with E-state index >= 15 is 0 Å². The number of rotatable bonds is 2. The minimum absolute atomic E-state index is 0.0986. The van der Waals surface area contributed by atoms with Crippen LogP contribution in [0, 0.1) is 11.6 Å². The number of benzene rings is 1. The molecule has 1 aliphatic rings. The largest absolute Gasteiger partial charge is 0.314 e. The van der Waals surface area contributed by atoms with E-state index in [1.54, 1.807) is 0 Å². The van der Waals surface area contributed by atoms with E-state index in [1.807, 2.05) is 0 Å². The average molecular weight is 247 g/mol. The van der Waals surface area contributed by atoms with Crippen LogP contribution in [0.5, 0.6) is 0 Å². The third kappa shape index (κ3) is 2.51. The normalized spacial score (nSPS) is 17.7. The molecule has 1 heterocycles. The number of hydrogen-bond acceptors (Lipinski definition) is 2. The predicted molar refractivity (Wildman–Crippen MR) is 59.5 cm³/mol. The van der Waals surface area contributed by atoms with Gasteiger partial charge in [0.15, 0.2) is 0 Å². The van der Waals surface area contributed by atoms with Crippen molar-refractivity contribution in [1.82, 2.24) is 10.2 Å². The highest BCUT2D eigenvalue weighted by Crippen LogP contribution is 2.24. The molecule has 1 aromatic rings. The summed E-state index contributed by atoms with van der Waals surface area (Å²) in [6.45, 7) is 3.76. The van der Waals surface area contributed by atoms with Crippen molar-refractivity contribution in [2.75, 3.05) is 26.2 Å². The summed E-state index contributed by atoms with van der Waals surface area (Å²) in [4.78, 5) is 2.06. The van der Waals surface area contributed by atoms with Crippen LogP contribution in [-0.4, -0.2) is 31.1 Å². The standard InChI is InChI=1S/C11H13ClF2N2/c12-11-8(9(13)1-2-10(11)14)7-16-5-3-15-4-6-16/h1-2,15H,3-7H2. The summed E-state index contributed by atoms with van der Waals surface area (Å²) >= 11 is 5.76. The van der Waals surface area contributed by atoms with Crippen LogP contribution in [0.1, 0.15) is 5.56 Å². The Morgan fingerprint density at radius 2 is 1.81 bits per heavy atom. The molecular weight excluding hydrogens is 234 g/mol. The van der Waals surface area contributed by atoms with Gasteiger partial charge in [-0.25, -0.2) is 8.78 Å². The smallest absolute Gasteiger partial charge is 0.142 e. The van der Waals surface area contributed by atoms with Crippen LogP contribution in [-0.2, 0) is 6.54 Å². The molecule has 0 saturated carbocycles. The topological polar surface area (TPSA) is 15.3 Å². The van der Waals surface area contributed by atoms with Gasteiger partial charge in [-0.3, -0.25) is 4.90 Å². The van der Waals surface area contributed by atoms with Gasteiger partial charge < -0.3 is 5.32 Å². The van der Waals surface area contributed by atoms with Gasteiger partial charge in [0.05, 0.1) is 5.02 Å². The highest BCUT2D eigenvalue weighted by atomic mass is 35.5. The maximum Gasteiger partial charge on any atom is 0.142 e. The fourth-order valence-electron chi connectivity index (χ4n) is 1.81. The van der Waals surface area contributed by atoms with E-state index in [1.165, 1.54) is 0 Å². The van der Waals surface area contributed by atoms with Gasteiger partial charge in [0.25, 0.3) is 0 Å². The molecule has 88 valence electrons. The molecule has 0 spiro atoms. The monoisotopic (exact) mass is 246 g/mol. The second-order valence-electron chi connectivity index (χ2n) is 3.85. The zero-order chi connectivity index (χ0) is 11.5. The zero-order valence-electron chi connectivity index (χ0n) is 8.77. The maximum atomic E-state index is 13.5. The molecule has 1 fully saturated rings. The molecule has 1 aromatic carbocycles. The lowest BCUT2D eigenvalue weighted by Crippen LogP contribution is -2.43. The fraction of sp³-hybridized carbons (Fsp3) is 0.455. The Morgan fingerprint density at radius 1 is 1.19 bits per heavy atom. The summed E-state index contributed by atoms with van der Waals surface area (Å²) in [5.74, 6) is -1.00. The Balaban J connectivity index is 2.16. The molecule has 1 N–H and O–H groups in total. The number of nitrogens with one attached hydrogen (secondary N) is 1. The van der Waals surface area contributed by atoms with Crippen LogP contribution in [0.3, 0.4) is 0 Å². The van der Waals surface area contributed by atoms with Crippen LogP contribution in [0.15, 0.2) is 12.1 Å². The summed E-state index contributed by atoms with van der Waals surface area (Å²) in [7, 11) is 0. The summed E-state index contributed by atoms with van der Waals surface area (Å²) in [6, 6.07) is 2.18. The van der Waals surface area contributed by atoms with E-state index in [9.17, 15) is 8.78 Å². The zero-order valence-corrected chi connectivity index (χ0v) is 9.53. The van der Waals surface area contributed by atoms with Gasteiger partial charge in [0, 0.05) is 38.3 Å². The van der Waals surface area contributed by atoms with E-state index in [4.69, 9.17) is 11.6 Å². The molecule has 0 aliphatic carbocycles. The Kier molecular flexibility index (Phi) is 3.74. The summed E-state index contributed by atoms with van der Waals surface area (Å²) < 4.78 is 26.7. The van der Waals surface area contributed by atoms with Gasteiger partial charge in [-0.1, -0.05) is 11.6 Å². The van der Waals surface area contributed by atoms with Crippen molar-refractivity contribution < 1.29 is 8.78 Å². The molecule has 0 aromatic heterocycles. The van der Waals surface area contributed by atoms with Gasteiger partial charge in [0.1, 0.15) is 11.6 Å². The number of piperazine rings is 1. The lowest BCUT2D eigenvalue weighted by Gasteiger charge is -2.27. The molecule has 2 nitrogen and oxygen atoms in total. The lowest BCUT2D eigenvalue weighted by molar-refractivity contribution is 0.230. The van der Waals surface area contributed by atoms with Crippen LogP contribution in [0.4, 0.5) is 8.78 Å². The number of halogens is 3. The maximum absolute atomic E-state index is 13.5. The van der Waals surface area contributed by atoms with Crippen LogP contribution in [0.25, 0.3) is 0 Å². The van der Waals surface area contributed by atoms with Gasteiger partial charge in [0.2, 0.25) is 0 Å². The van der Waals surface area contributed by atoms with E-state index in [0.717, 1.165) is 38.3 Å². The van der Waals surface area contributed by atoms with Gasteiger partial charge in [-0.05, 0) is 12.1 Å². The summed E-state index contributed by atoms with van der Waals surface area (Å²) in [6.07, 6.45) is 0. The van der Waals surface area contributed by atoms with Crippen molar-refractivity contribution in [3.63, 3.8) is 0 Å². The van der Waals surface area contributed by atoms with Crippen molar-refractivity contribution in [1.29, 1.82) is 0 Å². The van der Waals surface area contributed by atoms with Crippen molar-refractivity contribution in [2.24, 2.45) is 0 Å². The first kappa shape index (κ1) is 11.8. The Labute approximate surface area is 98.2 Å². The molecule has 0 unspecified atom stereocenters. The molecule has 16 heavy (non-hydrogen) atoms. The minimum Gasteiger partial charge on any atom is -0.314 e. The third-order valence-corrected chi connectivity index (χ3v) is 3.14. The first-order valence-corrected chi connectivity index (χ1v) is 5.61. The van der Waals surface area contributed by atoms with Gasteiger partial charge in [-0.2, -0.15) is 0 Å². The molecule has 0 atom stereocenters. The molecule has 1 aliphatic heterocycles. The number of hydrogen-bond donors (Lipinski definition) is 1. The van der Waals surface area contributed by atoms with Gasteiger partial charge >= 0.3 is 0 Å². The highest BCUT2D eigenvalue weighted by molar-refractivity contribution is 6.31. The van der Waals surface area contributed by atoms with Crippen molar-refractivity contribution in [2.45, 2.75) is 6.54 Å². The quantitative estimate of drug-likeness (QED) is 0.804. The van der Waals surface area contributed by atoms with E-state index in [0.29, 0.717) is 6.54 Å². The van der Waals surface area contributed by atoms with E-state index in [2.05, 4.69) is 10.2 Å². The molecule has 0 amide bonds. The van der Waals surface area contributed by atoms with Crippen LogP contribution >= 0.6 is 11.6 Å². The first-order chi connectivity index (χ1) is 7.68. The van der Waals surface area contributed by atoms with Crippen molar-refractivity contribution >= 4 is 11.6 Å². The van der Waals surface area contributed by atoms with Crippen LogP contribution in [0.2, 0.25) is 5.02 Å². The van der Waals surface area contributed by atoms with Crippen LogP contribution < -0.4 is 5.32 Å². The Hall–Kier alpha value is -0.710. The Morgan fingerprint density at radius 3 is 2.50 bits per heavy atom. The molecule has 1 saturated heterocycles. The molecular formula is C11H13ClF2N2. The van der Waals surface area contributed by atoms with E-state index in [-0.39, 0.29) is 10.6 Å². The number of nitrogens with zero attached hydrogens (tertiary/aromatic N) is 1. The minimum atomic E-state index is -0.562. The van der Waals surface area contributed by atoms with E-state index < -0.39 is 11.6 Å². The second kappa shape index (κ2) is 5.08. The van der Waals surface area contributed by atoms with Crippen molar-refractivity contribution in [3.8, 4) is 0 Å². The van der Waals surface area contributed by atoms with Gasteiger partial charge in [-0.15, -0.1) is 0 Å². The second-order valence-corrected chi connectivity index (χ2v) is 4.23. The predicted octanol–water partition coefficient (Wildman–Crippen LogP) is 2.02. The molecule has 5 heteroatoms. The average Bonchev–Trinajstić information content (AvgIpc) is 2.31. The summed E-state index contributed by atoms with van der Waals surface area (Å²) in [5.41, 5.74) is 0.253. The SMILES string of the molecule is Fc1ccc(F)c(CN2CCNCC2)c1Cl. The molecule has 2 rings (SSSR count). The third-order valence-electron chi connectivity index (χ3n) is 2.73. The van der Waals surface area contributed by atoms with Crippen molar-refractivity contribution in [3.05, 3.63) is 34.4 Å². The summed E-state index contributed by atoms with van der Waals surface area (Å²) in [5, 5.41) is 3.10. The lowest BCUT2D eigenvalue weighted by atomic mass is 10.2. The highest BCUT2D eigenvalue weighted by Gasteiger charge is 2.16. The first-order valence-electron chi connectivity index (χ1n) is 5.24. The Bertz CT molecular complexity index is 378.